The van der Waals surface area contributed by atoms with Gasteiger partial charge >= 0.3 is 0 Å². The van der Waals surface area contributed by atoms with Crippen molar-refractivity contribution in [3.05, 3.63) is 34.9 Å². The third kappa shape index (κ3) is 4.37. The van der Waals surface area contributed by atoms with Gasteiger partial charge in [-0.05, 0) is 57.0 Å². The average Bonchev–Trinajstić information content (AvgIpc) is 2.51. The van der Waals surface area contributed by atoms with E-state index in [1.807, 2.05) is 19.2 Å². The topological polar surface area (TPSA) is 39.7 Å². The summed E-state index contributed by atoms with van der Waals surface area (Å²) in [6, 6.07) is 8.67. The van der Waals surface area contributed by atoms with Crippen molar-refractivity contribution in [2.24, 2.45) is 10.9 Å². The summed E-state index contributed by atoms with van der Waals surface area (Å²) >= 11 is 6.19. The fraction of sp³-hybridized carbons (Fsp3) is 0.588. The van der Waals surface area contributed by atoms with Crippen molar-refractivity contribution in [2.75, 3.05) is 33.7 Å². The van der Waals surface area contributed by atoms with Gasteiger partial charge in [0.2, 0.25) is 0 Å². The van der Waals surface area contributed by atoms with E-state index < -0.39 is 0 Å². The minimum atomic E-state index is 0.402. The van der Waals surface area contributed by atoms with Crippen LogP contribution in [-0.2, 0) is 0 Å². The van der Waals surface area contributed by atoms with Gasteiger partial charge in [-0.15, -0.1) is 0 Å². The number of piperidine rings is 1. The molecule has 122 valence electrons. The van der Waals surface area contributed by atoms with Crippen LogP contribution in [0.25, 0.3) is 0 Å². The molecule has 1 aliphatic rings. The van der Waals surface area contributed by atoms with Gasteiger partial charge in [-0.1, -0.05) is 23.7 Å². The van der Waals surface area contributed by atoms with Gasteiger partial charge in [0.1, 0.15) is 0 Å². The highest BCUT2D eigenvalue weighted by atomic mass is 35.5. The van der Waals surface area contributed by atoms with Gasteiger partial charge in [0.05, 0.1) is 0 Å². The first-order valence-electron chi connectivity index (χ1n) is 8.06. The van der Waals surface area contributed by atoms with E-state index in [-0.39, 0.29) is 0 Å². The van der Waals surface area contributed by atoms with Gasteiger partial charge < -0.3 is 10.6 Å². The van der Waals surface area contributed by atoms with Crippen LogP contribution in [0.4, 0.5) is 0 Å². The van der Waals surface area contributed by atoms with Crippen molar-refractivity contribution in [3.63, 3.8) is 0 Å². The van der Waals surface area contributed by atoms with E-state index in [4.69, 9.17) is 11.6 Å². The maximum atomic E-state index is 6.19. The van der Waals surface area contributed by atoms with Crippen molar-refractivity contribution in [2.45, 2.75) is 25.8 Å². The molecule has 0 aromatic heterocycles. The molecular formula is C17H27ClN4. The Labute approximate surface area is 138 Å². The second-order valence-corrected chi connectivity index (χ2v) is 6.30. The number of nitrogens with one attached hydrogen (secondary N) is 2. The number of likely N-dealkylation sites (tertiary alicyclic amines) is 1. The lowest BCUT2D eigenvalue weighted by molar-refractivity contribution is 0.122. The Morgan fingerprint density at radius 2 is 2.23 bits per heavy atom. The van der Waals surface area contributed by atoms with Crippen LogP contribution >= 0.6 is 11.6 Å². The predicted molar refractivity (Wildman–Crippen MR) is 94.6 cm³/mol. The molecule has 1 aliphatic heterocycles. The fourth-order valence-electron chi connectivity index (χ4n) is 3.31. The molecule has 2 atom stereocenters. The first-order valence-corrected chi connectivity index (χ1v) is 8.43. The zero-order chi connectivity index (χ0) is 15.9. The molecule has 22 heavy (non-hydrogen) atoms. The molecule has 1 fully saturated rings. The van der Waals surface area contributed by atoms with Crippen LogP contribution in [0.3, 0.4) is 0 Å². The highest BCUT2D eigenvalue weighted by molar-refractivity contribution is 6.30. The van der Waals surface area contributed by atoms with E-state index >= 15 is 0 Å². The van der Waals surface area contributed by atoms with E-state index in [0.29, 0.717) is 12.0 Å². The number of rotatable bonds is 4. The second kappa shape index (κ2) is 8.39. The zero-order valence-corrected chi connectivity index (χ0v) is 14.5. The van der Waals surface area contributed by atoms with Crippen molar-refractivity contribution in [1.29, 1.82) is 0 Å². The molecule has 1 aromatic carbocycles. The molecule has 0 radical (unpaired) electrons. The number of halogens is 1. The van der Waals surface area contributed by atoms with Crippen LogP contribution in [0.5, 0.6) is 0 Å². The highest BCUT2D eigenvalue weighted by Crippen LogP contribution is 2.35. The summed E-state index contributed by atoms with van der Waals surface area (Å²) in [5, 5.41) is 7.52. The Bertz CT molecular complexity index is 503. The van der Waals surface area contributed by atoms with Gasteiger partial charge in [0.15, 0.2) is 5.96 Å². The second-order valence-electron chi connectivity index (χ2n) is 5.87. The summed E-state index contributed by atoms with van der Waals surface area (Å²) < 4.78 is 0. The Balaban J connectivity index is 2.10. The fourth-order valence-corrected chi connectivity index (χ4v) is 3.51. The Kier molecular flexibility index (Phi) is 6.52. The summed E-state index contributed by atoms with van der Waals surface area (Å²) in [6.07, 6.45) is 2.46. The first kappa shape index (κ1) is 17.1. The molecule has 1 saturated heterocycles. The molecule has 0 saturated carbocycles. The van der Waals surface area contributed by atoms with Gasteiger partial charge in [-0.2, -0.15) is 0 Å². The molecule has 0 amide bonds. The van der Waals surface area contributed by atoms with Gasteiger partial charge in [-0.3, -0.25) is 9.89 Å². The average molecular weight is 323 g/mol. The van der Waals surface area contributed by atoms with Crippen molar-refractivity contribution < 1.29 is 0 Å². The summed E-state index contributed by atoms with van der Waals surface area (Å²) in [6.45, 7) is 5.01. The van der Waals surface area contributed by atoms with Crippen LogP contribution in [0.2, 0.25) is 5.02 Å². The van der Waals surface area contributed by atoms with Gasteiger partial charge in [0.25, 0.3) is 0 Å². The van der Waals surface area contributed by atoms with Gasteiger partial charge in [0, 0.05) is 31.2 Å². The lowest BCUT2D eigenvalue weighted by atomic mass is 9.85. The standard InChI is InChI=1S/C17H27ClN4/c1-4-20-17(19-2)21-12-14-8-6-10-22(3)16(14)13-7-5-9-15(18)11-13/h5,7,9,11,14,16H,4,6,8,10,12H2,1-3H3,(H2,19,20,21). The SMILES string of the molecule is CCNC(=NC)NCC1CCCN(C)C1c1cccc(Cl)c1. The largest absolute Gasteiger partial charge is 0.357 e. The van der Waals surface area contributed by atoms with E-state index in [2.05, 4.69) is 46.6 Å². The van der Waals surface area contributed by atoms with Crippen molar-refractivity contribution in [1.82, 2.24) is 15.5 Å². The number of hydrogen-bond donors (Lipinski definition) is 2. The van der Waals surface area contributed by atoms with Crippen LogP contribution in [0.15, 0.2) is 29.3 Å². The minimum Gasteiger partial charge on any atom is -0.357 e. The lowest BCUT2D eigenvalue weighted by Gasteiger charge is -2.40. The van der Waals surface area contributed by atoms with E-state index in [1.54, 1.807) is 0 Å². The number of aliphatic imine (C=N–C) groups is 1. The summed E-state index contributed by atoms with van der Waals surface area (Å²) in [7, 11) is 4.02. The molecule has 4 nitrogen and oxygen atoms in total. The monoisotopic (exact) mass is 322 g/mol. The molecule has 1 aromatic rings. The Hall–Kier alpha value is -1.26. The Morgan fingerprint density at radius 1 is 1.41 bits per heavy atom. The summed E-state index contributed by atoms with van der Waals surface area (Å²) in [5.74, 6) is 1.42. The van der Waals surface area contributed by atoms with Crippen LogP contribution in [0, 0.1) is 5.92 Å². The zero-order valence-electron chi connectivity index (χ0n) is 13.8. The van der Waals surface area contributed by atoms with Crippen LogP contribution < -0.4 is 10.6 Å². The maximum absolute atomic E-state index is 6.19. The van der Waals surface area contributed by atoms with Gasteiger partial charge in [-0.25, -0.2) is 0 Å². The molecule has 5 heteroatoms. The quantitative estimate of drug-likeness (QED) is 0.661. The van der Waals surface area contributed by atoms with Crippen molar-refractivity contribution in [3.8, 4) is 0 Å². The molecule has 0 spiro atoms. The van der Waals surface area contributed by atoms with E-state index in [0.717, 1.165) is 30.6 Å². The Morgan fingerprint density at radius 3 is 2.91 bits per heavy atom. The highest BCUT2D eigenvalue weighted by Gasteiger charge is 2.30. The summed E-state index contributed by atoms with van der Waals surface area (Å²) in [5.41, 5.74) is 1.31. The normalized spacial score (nSPS) is 23.4. The van der Waals surface area contributed by atoms with Crippen LogP contribution in [-0.4, -0.2) is 44.6 Å². The minimum absolute atomic E-state index is 0.402. The predicted octanol–water partition coefficient (Wildman–Crippen LogP) is 2.91. The third-order valence-electron chi connectivity index (χ3n) is 4.30. The maximum Gasteiger partial charge on any atom is 0.190 e. The molecule has 0 bridgehead atoms. The number of nitrogens with zero attached hydrogens (tertiary/aromatic N) is 2. The molecule has 1 heterocycles. The number of hydrogen-bond acceptors (Lipinski definition) is 2. The van der Waals surface area contributed by atoms with E-state index in [1.165, 1.54) is 18.4 Å². The number of guanidine groups is 1. The van der Waals surface area contributed by atoms with E-state index in [9.17, 15) is 0 Å². The third-order valence-corrected chi connectivity index (χ3v) is 4.53. The van der Waals surface area contributed by atoms with Crippen LogP contribution in [0.1, 0.15) is 31.4 Å². The molecular weight excluding hydrogens is 296 g/mol. The summed E-state index contributed by atoms with van der Waals surface area (Å²) in [4.78, 5) is 6.69. The molecule has 2 unspecified atom stereocenters. The van der Waals surface area contributed by atoms with Crippen molar-refractivity contribution >= 4 is 17.6 Å². The first-order chi connectivity index (χ1) is 10.7. The molecule has 2 rings (SSSR count). The lowest BCUT2D eigenvalue weighted by Crippen LogP contribution is -2.45. The molecule has 2 N–H and O–H groups in total. The smallest absolute Gasteiger partial charge is 0.190 e. The number of benzene rings is 1. The molecule has 0 aliphatic carbocycles.